The standard InChI is InChI=1S/C31H38ClF3N4O3S/c1-2-23-5-4-18-43(41,42)39-24(19-37-23)12-13-25-26(33)6-3-7-27(25)38-30(40)29(36)28(20-8-10-22(32)11-9-20)21-14-16-31(34,35)17-15-21/h1,3,6-11,21,23-24,28-29,37,39H,4-5,12-19,36H2,(H,38,40)/t23?,24?,28?,29-/m0/s1. The van der Waals surface area contributed by atoms with E-state index in [4.69, 9.17) is 23.8 Å². The van der Waals surface area contributed by atoms with E-state index in [1.165, 1.54) is 12.1 Å². The lowest BCUT2D eigenvalue weighted by Gasteiger charge is -2.36. The molecule has 0 spiro atoms. The van der Waals surface area contributed by atoms with Crippen molar-refractivity contribution in [3.05, 3.63) is 64.4 Å². The Hall–Kier alpha value is -2.62. The van der Waals surface area contributed by atoms with Crippen LogP contribution < -0.4 is 21.1 Å². The number of hydrogen-bond acceptors (Lipinski definition) is 5. The van der Waals surface area contributed by atoms with Crippen molar-refractivity contribution >= 4 is 33.2 Å². The second kappa shape index (κ2) is 14.4. The molecule has 0 aromatic heterocycles. The molecule has 1 amide bonds. The number of rotatable bonds is 8. The van der Waals surface area contributed by atoms with Gasteiger partial charge in [0.25, 0.3) is 0 Å². The number of carbonyl (C=O) groups excluding carboxylic acids is 1. The molecule has 234 valence electrons. The Morgan fingerprint density at radius 2 is 1.86 bits per heavy atom. The lowest BCUT2D eigenvalue weighted by atomic mass is 9.72. The van der Waals surface area contributed by atoms with E-state index in [9.17, 15) is 22.0 Å². The number of terminal acetylenes is 1. The van der Waals surface area contributed by atoms with Crippen LogP contribution in [-0.4, -0.2) is 50.7 Å². The fourth-order valence-corrected chi connectivity index (χ4v) is 7.53. The van der Waals surface area contributed by atoms with E-state index in [0.29, 0.717) is 23.4 Å². The highest BCUT2D eigenvalue weighted by molar-refractivity contribution is 7.89. The van der Waals surface area contributed by atoms with Crippen LogP contribution in [0.2, 0.25) is 5.02 Å². The van der Waals surface area contributed by atoms with Crippen LogP contribution in [0, 0.1) is 24.1 Å². The SMILES string of the molecule is C#CC1CCCS(=O)(=O)NC(CCc2c(F)cccc2NC(=O)[C@@H](N)C(c2ccc(Cl)cc2)C2CCC(F)(F)CC2)CN1. The lowest BCUT2D eigenvalue weighted by Crippen LogP contribution is -2.45. The summed E-state index contributed by atoms with van der Waals surface area (Å²) in [4.78, 5) is 13.6. The van der Waals surface area contributed by atoms with E-state index >= 15 is 4.39 Å². The van der Waals surface area contributed by atoms with E-state index in [1.807, 2.05) is 0 Å². The summed E-state index contributed by atoms with van der Waals surface area (Å²) in [5.41, 5.74) is 7.67. The molecule has 5 N–H and O–H groups in total. The molecule has 12 heteroatoms. The van der Waals surface area contributed by atoms with E-state index in [1.54, 1.807) is 30.3 Å². The Labute approximate surface area is 256 Å². The number of anilines is 1. The average Bonchev–Trinajstić information content (AvgIpc) is 3.02. The zero-order valence-electron chi connectivity index (χ0n) is 23.8. The molecule has 0 radical (unpaired) electrons. The second-order valence-corrected chi connectivity index (χ2v) is 13.8. The largest absolute Gasteiger partial charge is 0.324 e. The van der Waals surface area contributed by atoms with Crippen molar-refractivity contribution in [2.24, 2.45) is 11.7 Å². The maximum absolute atomic E-state index is 15.1. The fraction of sp³-hybridized carbons (Fsp3) is 0.516. The number of benzene rings is 2. The van der Waals surface area contributed by atoms with Crippen molar-refractivity contribution in [2.75, 3.05) is 17.6 Å². The van der Waals surface area contributed by atoms with E-state index in [-0.39, 0.29) is 74.0 Å². The average molecular weight is 639 g/mol. The van der Waals surface area contributed by atoms with E-state index in [2.05, 4.69) is 21.3 Å². The van der Waals surface area contributed by atoms with Crippen LogP contribution in [-0.2, 0) is 21.2 Å². The molecule has 1 aliphatic carbocycles. The smallest absolute Gasteiger partial charge is 0.248 e. The van der Waals surface area contributed by atoms with Gasteiger partial charge in [0.2, 0.25) is 21.9 Å². The molecular formula is C31H38ClF3N4O3S. The molecule has 1 aliphatic heterocycles. The van der Waals surface area contributed by atoms with Crippen molar-refractivity contribution in [3.63, 3.8) is 0 Å². The van der Waals surface area contributed by atoms with Crippen LogP contribution in [0.25, 0.3) is 0 Å². The van der Waals surface area contributed by atoms with Crippen molar-refractivity contribution in [1.82, 2.24) is 10.0 Å². The number of sulfonamides is 1. The first-order valence-electron chi connectivity index (χ1n) is 14.5. The molecule has 43 heavy (non-hydrogen) atoms. The number of carbonyl (C=O) groups is 1. The number of nitrogens with one attached hydrogen (secondary N) is 3. The zero-order chi connectivity index (χ0) is 31.2. The van der Waals surface area contributed by atoms with Gasteiger partial charge in [-0.25, -0.2) is 26.3 Å². The number of hydrogen-bond donors (Lipinski definition) is 4. The summed E-state index contributed by atoms with van der Waals surface area (Å²) in [6.45, 7) is 0.262. The van der Waals surface area contributed by atoms with Crippen LogP contribution in [0.15, 0.2) is 42.5 Å². The van der Waals surface area contributed by atoms with Crippen molar-refractivity contribution in [3.8, 4) is 12.3 Å². The Balaban J connectivity index is 1.51. The number of halogens is 4. The molecule has 4 atom stereocenters. The minimum Gasteiger partial charge on any atom is -0.324 e. The van der Waals surface area contributed by atoms with Gasteiger partial charge in [0, 0.05) is 47.6 Å². The van der Waals surface area contributed by atoms with E-state index < -0.39 is 45.7 Å². The molecule has 4 rings (SSSR count). The first-order chi connectivity index (χ1) is 20.4. The summed E-state index contributed by atoms with van der Waals surface area (Å²) in [5.74, 6) is -2.14. The van der Waals surface area contributed by atoms with Gasteiger partial charge in [0.1, 0.15) is 5.82 Å². The fourth-order valence-electron chi connectivity index (χ4n) is 6.03. The Morgan fingerprint density at radius 3 is 2.53 bits per heavy atom. The number of nitrogens with two attached hydrogens (primary N) is 1. The van der Waals surface area contributed by atoms with Crippen molar-refractivity contribution in [1.29, 1.82) is 0 Å². The highest BCUT2D eigenvalue weighted by Crippen LogP contribution is 2.43. The Morgan fingerprint density at radius 1 is 1.16 bits per heavy atom. The van der Waals surface area contributed by atoms with Gasteiger partial charge in [-0.2, -0.15) is 0 Å². The third-order valence-corrected chi connectivity index (χ3v) is 10.2. The van der Waals surface area contributed by atoms with Gasteiger partial charge in [0.15, 0.2) is 0 Å². The minimum absolute atomic E-state index is 0.0598. The van der Waals surface area contributed by atoms with Gasteiger partial charge >= 0.3 is 0 Å². The molecule has 7 nitrogen and oxygen atoms in total. The first-order valence-corrected chi connectivity index (χ1v) is 16.6. The van der Waals surface area contributed by atoms with Gasteiger partial charge in [-0.05, 0) is 74.3 Å². The zero-order valence-corrected chi connectivity index (χ0v) is 25.4. The highest BCUT2D eigenvalue weighted by atomic mass is 35.5. The minimum atomic E-state index is -3.55. The molecule has 1 heterocycles. The van der Waals surface area contributed by atoms with Crippen molar-refractivity contribution < 1.29 is 26.4 Å². The summed E-state index contributed by atoms with van der Waals surface area (Å²) in [7, 11) is -3.55. The van der Waals surface area contributed by atoms with Gasteiger partial charge in [-0.15, -0.1) is 6.42 Å². The van der Waals surface area contributed by atoms with Gasteiger partial charge in [0.05, 0.1) is 17.8 Å². The van der Waals surface area contributed by atoms with Crippen LogP contribution in [0.4, 0.5) is 18.9 Å². The lowest BCUT2D eigenvalue weighted by molar-refractivity contribution is -0.118. The first kappa shape index (κ1) is 33.3. The second-order valence-electron chi connectivity index (χ2n) is 11.5. The molecule has 2 aromatic carbocycles. The number of alkyl halides is 2. The van der Waals surface area contributed by atoms with Crippen molar-refractivity contribution in [2.45, 2.75) is 81.3 Å². The molecular weight excluding hydrogens is 601 g/mol. The van der Waals surface area contributed by atoms with Crippen LogP contribution in [0.3, 0.4) is 0 Å². The molecule has 0 bridgehead atoms. The van der Waals surface area contributed by atoms with E-state index in [0.717, 1.165) is 0 Å². The van der Waals surface area contributed by atoms with Crippen LogP contribution >= 0.6 is 11.6 Å². The summed E-state index contributed by atoms with van der Waals surface area (Å²) < 4.78 is 70.8. The van der Waals surface area contributed by atoms with Gasteiger partial charge < -0.3 is 16.4 Å². The highest BCUT2D eigenvalue weighted by Gasteiger charge is 2.41. The molecule has 1 saturated heterocycles. The molecule has 2 aliphatic rings. The quantitative estimate of drug-likeness (QED) is 0.306. The monoisotopic (exact) mass is 638 g/mol. The summed E-state index contributed by atoms with van der Waals surface area (Å²) in [5, 5.41) is 6.44. The van der Waals surface area contributed by atoms with Gasteiger partial charge in [-0.1, -0.05) is 35.7 Å². The third-order valence-electron chi connectivity index (χ3n) is 8.40. The molecule has 2 aromatic rings. The van der Waals surface area contributed by atoms with Crippen LogP contribution in [0.1, 0.15) is 62.0 Å². The summed E-state index contributed by atoms with van der Waals surface area (Å²) >= 11 is 6.07. The third kappa shape index (κ3) is 9.19. The Kier molecular flexibility index (Phi) is 11.2. The number of amides is 1. The molecule has 1 saturated carbocycles. The maximum atomic E-state index is 15.1. The summed E-state index contributed by atoms with van der Waals surface area (Å²) in [6, 6.07) is 9.18. The normalized spacial score (nSPS) is 24.0. The molecule has 3 unspecified atom stereocenters. The summed E-state index contributed by atoms with van der Waals surface area (Å²) in [6.07, 6.45) is 6.70. The predicted molar refractivity (Wildman–Crippen MR) is 163 cm³/mol. The molecule has 2 fully saturated rings. The van der Waals surface area contributed by atoms with Crippen LogP contribution in [0.5, 0.6) is 0 Å². The topological polar surface area (TPSA) is 113 Å². The Bertz CT molecular complexity index is 1410. The maximum Gasteiger partial charge on any atom is 0.248 e. The van der Waals surface area contributed by atoms with Gasteiger partial charge in [-0.3, -0.25) is 4.79 Å². The predicted octanol–water partition coefficient (Wildman–Crippen LogP) is 4.96.